The van der Waals surface area contributed by atoms with E-state index < -0.39 is 4.92 Å². The summed E-state index contributed by atoms with van der Waals surface area (Å²) in [6.45, 7) is 1.25. The summed E-state index contributed by atoms with van der Waals surface area (Å²) >= 11 is 0. The zero-order chi connectivity index (χ0) is 13.5. The molecule has 0 aliphatic heterocycles. The van der Waals surface area contributed by atoms with Crippen molar-refractivity contribution in [2.45, 2.75) is 0 Å². The molecule has 0 unspecified atom stereocenters. The lowest BCUT2D eigenvalue weighted by Gasteiger charge is -2.05. The van der Waals surface area contributed by atoms with Gasteiger partial charge in [0.15, 0.2) is 0 Å². The van der Waals surface area contributed by atoms with Gasteiger partial charge in [0.25, 0.3) is 5.69 Å². The molecule has 98 valence electrons. The van der Waals surface area contributed by atoms with Crippen molar-refractivity contribution in [2.75, 3.05) is 33.0 Å². The van der Waals surface area contributed by atoms with E-state index in [-0.39, 0.29) is 11.4 Å². The van der Waals surface area contributed by atoms with Crippen LogP contribution in [0.2, 0.25) is 0 Å². The van der Waals surface area contributed by atoms with Gasteiger partial charge in [-0.05, 0) is 20.2 Å². The van der Waals surface area contributed by atoms with Crippen LogP contribution < -0.4 is 10.5 Å². The molecule has 0 aromatic heterocycles. The monoisotopic (exact) mass is 251 g/mol. The topological polar surface area (TPSA) is 81.6 Å². The smallest absolute Gasteiger partial charge is 0.292 e. The fourth-order valence-electron chi connectivity index (χ4n) is 1.29. The molecule has 0 saturated carbocycles. The van der Waals surface area contributed by atoms with Crippen LogP contribution in [-0.2, 0) is 0 Å². The van der Waals surface area contributed by atoms with Crippen LogP contribution in [0.25, 0.3) is 0 Å². The van der Waals surface area contributed by atoms with Crippen LogP contribution in [0.4, 0.5) is 11.4 Å². The molecule has 0 radical (unpaired) electrons. The molecule has 0 aliphatic carbocycles. The van der Waals surface area contributed by atoms with Crippen molar-refractivity contribution in [1.82, 2.24) is 4.90 Å². The van der Waals surface area contributed by atoms with E-state index in [9.17, 15) is 10.1 Å². The Balaban J connectivity index is 2.51. The number of nitro groups is 1. The Labute approximate surface area is 106 Å². The van der Waals surface area contributed by atoms with Crippen LogP contribution in [0, 0.1) is 10.1 Å². The van der Waals surface area contributed by atoms with Crippen LogP contribution in [0.15, 0.2) is 30.4 Å². The van der Waals surface area contributed by atoms with E-state index >= 15 is 0 Å². The molecule has 1 rings (SSSR count). The van der Waals surface area contributed by atoms with E-state index in [0.717, 1.165) is 6.54 Å². The van der Waals surface area contributed by atoms with Crippen molar-refractivity contribution in [3.63, 3.8) is 0 Å². The molecule has 0 fully saturated rings. The third-order valence-electron chi connectivity index (χ3n) is 2.18. The summed E-state index contributed by atoms with van der Waals surface area (Å²) in [6.07, 6.45) is 3.87. The van der Waals surface area contributed by atoms with Crippen molar-refractivity contribution in [3.8, 4) is 5.75 Å². The van der Waals surface area contributed by atoms with Crippen molar-refractivity contribution < 1.29 is 9.66 Å². The zero-order valence-electron chi connectivity index (χ0n) is 10.5. The maximum absolute atomic E-state index is 10.6. The number of ether oxygens (including phenoxy) is 1. The molecule has 6 nitrogen and oxygen atoms in total. The molecular weight excluding hydrogens is 234 g/mol. The summed E-state index contributed by atoms with van der Waals surface area (Å²) in [5.74, 6) is 0.521. The Morgan fingerprint density at radius 1 is 1.44 bits per heavy atom. The molecule has 0 aliphatic rings. The lowest BCUT2D eigenvalue weighted by Crippen LogP contribution is -2.10. The first kappa shape index (κ1) is 14.0. The van der Waals surface area contributed by atoms with E-state index in [0.29, 0.717) is 12.4 Å². The van der Waals surface area contributed by atoms with E-state index in [4.69, 9.17) is 10.5 Å². The molecule has 6 heteroatoms. The summed E-state index contributed by atoms with van der Waals surface area (Å²) < 4.78 is 5.40. The van der Waals surface area contributed by atoms with E-state index in [1.54, 1.807) is 0 Å². The molecule has 0 bridgehead atoms. The Bertz CT molecular complexity index is 444. The number of benzene rings is 1. The first-order valence-corrected chi connectivity index (χ1v) is 5.47. The van der Waals surface area contributed by atoms with Gasteiger partial charge in [0.2, 0.25) is 0 Å². The molecule has 1 aromatic rings. The number of likely N-dealkylation sites (N-methyl/N-ethyl adjacent to an activating group) is 1. The average Bonchev–Trinajstić information content (AvgIpc) is 2.27. The number of anilines is 1. The minimum absolute atomic E-state index is 0.106. The van der Waals surface area contributed by atoms with Gasteiger partial charge < -0.3 is 15.4 Å². The Morgan fingerprint density at radius 3 is 2.72 bits per heavy atom. The molecule has 0 atom stereocenters. The highest BCUT2D eigenvalue weighted by atomic mass is 16.6. The highest BCUT2D eigenvalue weighted by Crippen LogP contribution is 2.25. The van der Waals surface area contributed by atoms with Crippen LogP contribution in [0.5, 0.6) is 5.75 Å². The number of nitrogens with zero attached hydrogens (tertiary/aromatic N) is 2. The van der Waals surface area contributed by atoms with Gasteiger partial charge in [0, 0.05) is 18.7 Å². The van der Waals surface area contributed by atoms with Crippen molar-refractivity contribution >= 4 is 11.4 Å². The molecule has 0 saturated heterocycles. The van der Waals surface area contributed by atoms with Crippen molar-refractivity contribution in [2.24, 2.45) is 0 Å². The second kappa shape index (κ2) is 6.61. The Hall–Kier alpha value is -2.08. The number of nitro benzene ring substituents is 1. The third-order valence-corrected chi connectivity index (χ3v) is 2.18. The summed E-state index contributed by atoms with van der Waals surface area (Å²) in [7, 11) is 3.95. The van der Waals surface area contributed by atoms with E-state index in [1.807, 2.05) is 31.1 Å². The Kier molecular flexibility index (Phi) is 5.13. The third kappa shape index (κ3) is 4.42. The first-order valence-electron chi connectivity index (χ1n) is 5.47. The fraction of sp³-hybridized carbons (Fsp3) is 0.333. The Morgan fingerprint density at radius 2 is 2.17 bits per heavy atom. The van der Waals surface area contributed by atoms with Crippen molar-refractivity contribution in [3.05, 3.63) is 40.5 Å². The SMILES string of the molecule is CN(C)C/C=C\COc1ccc([N+](=O)[O-])c(N)c1. The number of rotatable bonds is 6. The van der Waals surface area contributed by atoms with Gasteiger partial charge in [-0.1, -0.05) is 12.2 Å². The lowest BCUT2D eigenvalue weighted by molar-refractivity contribution is -0.383. The summed E-state index contributed by atoms with van der Waals surface area (Å²) in [4.78, 5) is 12.1. The second-order valence-electron chi connectivity index (χ2n) is 4.02. The lowest BCUT2D eigenvalue weighted by atomic mass is 10.2. The molecule has 18 heavy (non-hydrogen) atoms. The maximum atomic E-state index is 10.6. The zero-order valence-corrected chi connectivity index (χ0v) is 10.5. The van der Waals surface area contributed by atoms with Gasteiger partial charge in [-0.25, -0.2) is 0 Å². The molecule has 0 amide bonds. The number of hydrogen-bond acceptors (Lipinski definition) is 5. The minimum Gasteiger partial charge on any atom is -0.489 e. The second-order valence-corrected chi connectivity index (χ2v) is 4.02. The molecular formula is C12H17N3O3. The summed E-state index contributed by atoms with van der Waals surface area (Å²) in [5.41, 5.74) is 5.55. The number of nitrogens with two attached hydrogens (primary N) is 1. The van der Waals surface area contributed by atoms with Crippen LogP contribution >= 0.6 is 0 Å². The maximum Gasteiger partial charge on any atom is 0.292 e. The number of nitrogen functional groups attached to an aromatic ring is 1. The fourth-order valence-corrected chi connectivity index (χ4v) is 1.29. The van der Waals surface area contributed by atoms with Crippen LogP contribution in [0.1, 0.15) is 0 Å². The largest absolute Gasteiger partial charge is 0.489 e. The normalized spacial score (nSPS) is 11.1. The predicted molar refractivity (Wildman–Crippen MR) is 70.7 cm³/mol. The summed E-state index contributed by atoms with van der Waals surface area (Å²) in [6, 6.07) is 4.33. The molecule has 1 aromatic carbocycles. The first-order chi connectivity index (χ1) is 8.50. The van der Waals surface area contributed by atoms with Crippen molar-refractivity contribution in [1.29, 1.82) is 0 Å². The summed E-state index contributed by atoms with van der Waals surface area (Å²) in [5, 5.41) is 10.6. The predicted octanol–water partition coefficient (Wildman–Crippen LogP) is 1.67. The van der Waals surface area contributed by atoms with E-state index in [1.165, 1.54) is 18.2 Å². The molecule has 0 spiro atoms. The quantitative estimate of drug-likeness (QED) is 0.360. The standard InChI is InChI=1S/C12H17N3O3/c1-14(2)7-3-4-8-18-10-5-6-12(15(16)17)11(13)9-10/h3-6,9H,7-8,13H2,1-2H3/b4-3-. The van der Waals surface area contributed by atoms with Gasteiger partial charge in [-0.3, -0.25) is 10.1 Å². The molecule has 2 N–H and O–H groups in total. The van der Waals surface area contributed by atoms with Gasteiger partial charge in [0.05, 0.1) is 4.92 Å². The number of hydrogen-bond donors (Lipinski definition) is 1. The van der Waals surface area contributed by atoms with Gasteiger partial charge in [-0.15, -0.1) is 0 Å². The van der Waals surface area contributed by atoms with Crippen LogP contribution in [-0.4, -0.2) is 37.1 Å². The highest BCUT2D eigenvalue weighted by Gasteiger charge is 2.11. The van der Waals surface area contributed by atoms with Gasteiger partial charge in [0.1, 0.15) is 18.0 Å². The molecule has 0 heterocycles. The minimum atomic E-state index is -0.518. The van der Waals surface area contributed by atoms with Gasteiger partial charge >= 0.3 is 0 Å². The average molecular weight is 251 g/mol. The van der Waals surface area contributed by atoms with Crippen LogP contribution in [0.3, 0.4) is 0 Å². The van der Waals surface area contributed by atoms with E-state index in [2.05, 4.69) is 0 Å². The highest BCUT2D eigenvalue weighted by molar-refractivity contribution is 5.60. The van der Waals surface area contributed by atoms with Gasteiger partial charge in [-0.2, -0.15) is 0 Å².